The molecule has 1 N–H and O–H groups in total. The number of aromatic nitrogens is 1. The van der Waals surface area contributed by atoms with E-state index in [9.17, 15) is 18.4 Å². The summed E-state index contributed by atoms with van der Waals surface area (Å²) < 4.78 is 28.4. The van der Waals surface area contributed by atoms with Crippen LogP contribution in [0.5, 0.6) is 0 Å². The Morgan fingerprint density at radius 3 is 2.40 bits per heavy atom. The molecule has 3 rings (SSSR count). The molecule has 128 valence electrons. The monoisotopic (exact) mass is 342 g/mol. The third-order valence-corrected chi connectivity index (χ3v) is 4.02. The van der Waals surface area contributed by atoms with Crippen LogP contribution in [0.1, 0.15) is 23.0 Å². The molecular formula is C19H16F2N2O2. The van der Waals surface area contributed by atoms with Gasteiger partial charge in [-0.15, -0.1) is 0 Å². The fourth-order valence-corrected chi connectivity index (χ4v) is 2.89. The van der Waals surface area contributed by atoms with Gasteiger partial charge in [0.2, 0.25) is 0 Å². The molecule has 0 unspecified atom stereocenters. The first-order valence-electron chi connectivity index (χ1n) is 7.80. The first-order valence-corrected chi connectivity index (χ1v) is 7.80. The predicted octanol–water partition coefficient (Wildman–Crippen LogP) is 3.86. The highest BCUT2D eigenvalue weighted by molar-refractivity contribution is 6.06. The molecule has 6 heteroatoms. The van der Waals surface area contributed by atoms with Gasteiger partial charge in [-0.2, -0.15) is 0 Å². The number of anilines is 1. The Morgan fingerprint density at radius 1 is 1.08 bits per heavy atom. The van der Waals surface area contributed by atoms with E-state index >= 15 is 0 Å². The quantitative estimate of drug-likeness (QED) is 0.786. The largest absolute Gasteiger partial charge is 0.345 e. The number of rotatable bonds is 3. The third kappa shape index (κ3) is 3.28. The van der Waals surface area contributed by atoms with Gasteiger partial charge in [-0.1, -0.05) is 0 Å². The minimum absolute atomic E-state index is 0.0115. The second kappa shape index (κ2) is 6.47. The van der Waals surface area contributed by atoms with Crippen molar-refractivity contribution in [2.24, 2.45) is 0 Å². The highest BCUT2D eigenvalue weighted by Crippen LogP contribution is 2.18. The van der Waals surface area contributed by atoms with Crippen LogP contribution >= 0.6 is 0 Å². The molecule has 0 radical (unpaired) electrons. The molecule has 1 heterocycles. The number of pyridine rings is 1. The third-order valence-electron chi connectivity index (χ3n) is 4.02. The van der Waals surface area contributed by atoms with Crippen molar-refractivity contribution in [1.82, 2.24) is 4.57 Å². The van der Waals surface area contributed by atoms with Gasteiger partial charge in [0, 0.05) is 41.0 Å². The van der Waals surface area contributed by atoms with Crippen LogP contribution in [0.2, 0.25) is 0 Å². The number of amides is 1. The lowest BCUT2D eigenvalue weighted by atomic mass is 10.1. The molecule has 0 bridgehead atoms. The number of hydrogen-bond donors (Lipinski definition) is 1. The average Bonchev–Trinajstić information content (AvgIpc) is 2.54. The van der Waals surface area contributed by atoms with Crippen molar-refractivity contribution in [3.8, 4) is 0 Å². The van der Waals surface area contributed by atoms with Gasteiger partial charge in [-0.25, -0.2) is 8.78 Å². The van der Waals surface area contributed by atoms with Crippen LogP contribution in [0.15, 0.2) is 47.3 Å². The van der Waals surface area contributed by atoms with E-state index in [1.54, 1.807) is 12.1 Å². The van der Waals surface area contributed by atoms with Crippen LogP contribution in [0.4, 0.5) is 14.5 Å². The molecule has 0 saturated carbocycles. The van der Waals surface area contributed by atoms with E-state index in [-0.39, 0.29) is 16.7 Å². The van der Waals surface area contributed by atoms with E-state index in [0.29, 0.717) is 11.9 Å². The number of halogens is 2. The molecule has 25 heavy (non-hydrogen) atoms. The van der Waals surface area contributed by atoms with Crippen LogP contribution in [-0.4, -0.2) is 10.5 Å². The maximum absolute atomic E-state index is 13.2. The summed E-state index contributed by atoms with van der Waals surface area (Å²) in [6.07, 6.45) is 0. The molecule has 1 aromatic heterocycles. The number of benzene rings is 2. The number of aryl methyl sites for hydroxylation is 2. The second-order valence-corrected chi connectivity index (χ2v) is 5.74. The summed E-state index contributed by atoms with van der Waals surface area (Å²) in [5.41, 5.74) is 1.65. The summed E-state index contributed by atoms with van der Waals surface area (Å²) in [5, 5.41) is 2.86. The fraction of sp³-hybridized carbons (Fsp3) is 0.158. The summed E-state index contributed by atoms with van der Waals surface area (Å²) in [5.74, 6) is -2.11. The summed E-state index contributed by atoms with van der Waals surface area (Å²) >= 11 is 0. The van der Waals surface area contributed by atoms with Gasteiger partial charge in [0.1, 0.15) is 11.6 Å². The standard InChI is InChI=1S/C19H16F2N2O2/c1-3-23-11(2)6-18(24)16-7-12(4-5-17(16)23)19(25)22-15-9-13(20)8-14(21)10-15/h4-10H,3H2,1-2H3,(H,22,25). The Labute approximate surface area is 142 Å². The Kier molecular flexibility index (Phi) is 4.35. The first-order chi connectivity index (χ1) is 11.9. The molecule has 1 amide bonds. The molecule has 0 aliphatic rings. The van der Waals surface area contributed by atoms with E-state index < -0.39 is 17.5 Å². The van der Waals surface area contributed by atoms with E-state index in [1.165, 1.54) is 12.1 Å². The lowest BCUT2D eigenvalue weighted by Gasteiger charge is -2.13. The number of hydrogen-bond acceptors (Lipinski definition) is 2. The Balaban J connectivity index is 2.01. The molecule has 0 spiro atoms. The molecule has 0 aliphatic carbocycles. The van der Waals surface area contributed by atoms with Crippen molar-refractivity contribution in [3.05, 3.63) is 75.6 Å². The average molecular weight is 342 g/mol. The van der Waals surface area contributed by atoms with E-state index in [0.717, 1.165) is 29.4 Å². The van der Waals surface area contributed by atoms with Crippen molar-refractivity contribution in [3.63, 3.8) is 0 Å². The minimum Gasteiger partial charge on any atom is -0.345 e. The Morgan fingerprint density at radius 2 is 1.76 bits per heavy atom. The minimum atomic E-state index is -0.782. The van der Waals surface area contributed by atoms with E-state index in [1.807, 2.05) is 18.4 Å². The zero-order valence-corrected chi connectivity index (χ0v) is 13.8. The van der Waals surface area contributed by atoms with Crippen LogP contribution in [-0.2, 0) is 6.54 Å². The van der Waals surface area contributed by atoms with Crippen molar-refractivity contribution in [1.29, 1.82) is 0 Å². The molecule has 0 fully saturated rings. The van der Waals surface area contributed by atoms with Gasteiger partial charge in [0.25, 0.3) is 5.91 Å². The zero-order valence-electron chi connectivity index (χ0n) is 13.8. The summed E-state index contributed by atoms with van der Waals surface area (Å²) in [6, 6.07) is 9.07. The SMILES string of the molecule is CCn1c(C)cc(=O)c2cc(C(=O)Nc3cc(F)cc(F)c3)ccc21. The zero-order chi connectivity index (χ0) is 18.1. The predicted molar refractivity (Wildman–Crippen MR) is 92.9 cm³/mol. The van der Waals surface area contributed by atoms with Crippen LogP contribution in [0.3, 0.4) is 0 Å². The summed E-state index contributed by atoms with van der Waals surface area (Å²) in [4.78, 5) is 24.6. The highest BCUT2D eigenvalue weighted by Gasteiger charge is 2.12. The number of carbonyl (C=O) groups is 1. The van der Waals surface area contributed by atoms with E-state index in [4.69, 9.17) is 0 Å². The van der Waals surface area contributed by atoms with Gasteiger partial charge < -0.3 is 9.88 Å². The molecule has 3 aromatic rings. The van der Waals surface area contributed by atoms with E-state index in [2.05, 4.69) is 5.32 Å². The van der Waals surface area contributed by atoms with Crippen molar-refractivity contribution < 1.29 is 13.6 Å². The number of nitrogens with zero attached hydrogens (tertiary/aromatic N) is 1. The fourth-order valence-electron chi connectivity index (χ4n) is 2.89. The molecule has 4 nitrogen and oxygen atoms in total. The first kappa shape index (κ1) is 16.8. The maximum Gasteiger partial charge on any atom is 0.255 e. The molecule has 0 saturated heterocycles. The van der Waals surface area contributed by atoms with Crippen LogP contribution < -0.4 is 10.7 Å². The van der Waals surface area contributed by atoms with Crippen molar-refractivity contribution in [2.75, 3.05) is 5.32 Å². The van der Waals surface area contributed by atoms with Crippen molar-refractivity contribution in [2.45, 2.75) is 20.4 Å². The van der Waals surface area contributed by atoms with Gasteiger partial charge in [0.05, 0.1) is 5.52 Å². The molecular weight excluding hydrogens is 326 g/mol. The lowest BCUT2D eigenvalue weighted by molar-refractivity contribution is 0.102. The molecule has 2 aromatic carbocycles. The van der Waals surface area contributed by atoms with Gasteiger partial charge >= 0.3 is 0 Å². The van der Waals surface area contributed by atoms with Gasteiger partial charge in [0.15, 0.2) is 5.43 Å². The number of nitrogens with one attached hydrogen (secondary N) is 1. The Hall–Kier alpha value is -3.02. The summed E-state index contributed by atoms with van der Waals surface area (Å²) in [6.45, 7) is 4.51. The molecule has 0 atom stereocenters. The van der Waals surface area contributed by atoms with Gasteiger partial charge in [-0.05, 0) is 44.2 Å². The second-order valence-electron chi connectivity index (χ2n) is 5.74. The van der Waals surface area contributed by atoms with Crippen LogP contribution in [0.25, 0.3) is 10.9 Å². The smallest absolute Gasteiger partial charge is 0.255 e. The normalized spacial score (nSPS) is 10.9. The maximum atomic E-state index is 13.2. The molecule has 0 aliphatic heterocycles. The number of carbonyl (C=O) groups excluding carboxylic acids is 1. The highest BCUT2D eigenvalue weighted by atomic mass is 19.1. The number of fused-ring (bicyclic) bond motifs is 1. The lowest BCUT2D eigenvalue weighted by Crippen LogP contribution is -2.15. The summed E-state index contributed by atoms with van der Waals surface area (Å²) in [7, 11) is 0. The van der Waals surface area contributed by atoms with Crippen LogP contribution in [0, 0.1) is 18.6 Å². The van der Waals surface area contributed by atoms with Crippen molar-refractivity contribution >= 4 is 22.5 Å². The van der Waals surface area contributed by atoms with Gasteiger partial charge in [-0.3, -0.25) is 9.59 Å². The Bertz CT molecular complexity index is 1020. The topological polar surface area (TPSA) is 51.1 Å².